The molecular weight excluding hydrogens is 364 g/mol. The molecule has 0 N–H and O–H groups in total. The minimum atomic E-state index is -0.534. The quantitative estimate of drug-likeness (QED) is 0.272. The van der Waals surface area contributed by atoms with E-state index in [0.717, 1.165) is 5.56 Å². The largest absolute Gasteiger partial charge is 0.497 e. The van der Waals surface area contributed by atoms with Crippen LogP contribution in [-0.4, -0.2) is 23.2 Å². The van der Waals surface area contributed by atoms with Crippen LogP contribution in [0.2, 0.25) is 0 Å². The molecule has 1 aromatic heterocycles. The molecular formula is C20H16N2O6. The van der Waals surface area contributed by atoms with Crippen LogP contribution in [0.4, 0.5) is 5.69 Å². The van der Waals surface area contributed by atoms with E-state index in [9.17, 15) is 14.9 Å². The van der Waals surface area contributed by atoms with Crippen molar-refractivity contribution in [3.8, 4) is 11.5 Å². The highest BCUT2D eigenvalue weighted by atomic mass is 16.6. The van der Waals surface area contributed by atoms with E-state index in [-0.39, 0.29) is 17.1 Å². The zero-order valence-corrected chi connectivity index (χ0v) is 15.1. The maximum absolute atomic E-state index is 12.2. The molecule has 0 fully saturated rings. The number of aromatic nitrogens is 1. The molecule has 0 aliphatic carbocycles. The highest BCUT2D eigenvalue weighted by molar-refractivity contribution is 5.91. The molecule has 0 aliphatic heterocycles. The fourth-order valence-electron chi connectivity index (χ4n) is 2.43. The second-order valence-corrected chi connectivity index (χ2v) is 5.76. The summed E-state index contributed by atoms with van der Waals surface area (Å²) in [5.41, 5.74) is 1.19. The van der Waals surface area contributed by atoms with Crippen LogP contribution in [-0.2, 0) is 0 Å². The van der Waals surface area contributed by atoms with Crippen LogP contribution in [0.5, 0.6) is 11.5 Å². The number of carbonyl (C=O) groups excluding carboxylic acids is 1. The topological polar surface area (TPSA) is 105 Å². The molecule has 0 saturated carbocycles. The summed E-state index contributed by atoms with van der Waals surface area (Å²) in [6.45, 7) is 1.50. The van der Waals surface area contributed by atoms with Gasteiger partial charge in [-0.15, -0.1) is 0 Å². The number of rotatable bonds is 6. The molecule has 142 valence electrons. The Morgan fingerprint density at radius 3 is 2.32 bits per heavy atom. The molecule has 8 nitrogen and oxygen atoms in total. The number of hydrogen-bond donors (Lipinski definition) is 0. The molecule has 1 heterocycles. The smallest absolute Gasteiger partial charge is 0.343 e. The van der Waals surface area contributed by atoms with Crippen molar-refractivity contribution >= 4 is 23.8 Å². The average molecular weight is 380 g/mol. The van der Waals surface area contributed by atoms with Gasteiger partial charge in [-0.3, -0.25) is 10.1 Å². The minimum Gasteiger partial charge on any atom is -0.497 e. The Morgan fingerprint density at radius 1 is 1.07 bits per heavy atom. The fourth-order valence-corrected chi connectivity index (χ4v) is 2.43. The van der Waals surface area contributed by atoms with Gasteiger partial charge >= 0.3 is 11.7 Å². The second-order valence-electron chi connectivity index (χ2n) is 5.76. The summed E-state index contributed by atoms with van der Waals surface area (Å²) < 4.78 is 15.3. The first-order chi connectivity index (χ1) is 13.5. The lowest BCUT2D eigenvalue weighted by atomic mass is 10.2. The van der Waals surface area contributed by atoms with E-state index in [2.05, 4.69) is 5.16 Å². The number of esters is 1. The molecule has 0 saturated heterocycles. The van der Waals surface area contributed by atoms with E-state index in [4.69, 9.17) is 14.0 Å². The van der Waals surface area contributed by atoms with E-state index in [0.29, 0.717) is 17.1 Å². The minimum absolute atomic E-state index is 0.0671. The predicted molar refractivity (Wildman–Crippen MR) is 101 cm³/mol. The highest BCUT2D eigenvalue weighted by Gasteiger charge is 2.21. The zero-order valence-electron chi connectivity index (χ0n) is 15.1. The summed E-state index contributed by atoms with van der Waals surface area (Å²) in [5.74, 6) is 0.602. The molecule has 8 heteroatoms. The molecule has 28 heavy (non-hydrogen) atoms. The molecule has 0 bridgehead atoms. The van der Waals surface area contributed by atoms with Crippen LogP contribution in [0.25, 0.3) is 12.2 Å². The number of ether oxygens (including phenoxy) is 2. The third-order valence-corrected chi connectivity index (χ3v) is 3.88. The molecule has 3 rings (SSSR count). The van der Waals surface area contributed by atoms with Crippen molar-refractivity contribution < 1.29 is 23.7 Å². The van der Waals surface area contributed by atoms with E-state index in [1.165, 1.54) is 13.0 Å². The number of aryl methyl sites for hydroxylation is 1. The Labute approximate surface area is 160 Å². The summed E-state index contributed by atoms with van der Waals surface area (Å²) in [6.07, 6.45) is 3.11. The second kappa shape index (κ2) is 8.17. The Hall–Kier alpha value is -3.94. The fraction of sp³-hybridized carbons (Fsp3) is 0.100. The SMILES string of the molecule is COc1ccc(C(=O)Oc2ccc(/C=C\c3onc(C)c3[N+](=O)[O-])cc2)cc1. The molecule has 0 atom stereocenters. The molecule has 0 unspecified atom stereocenters. The molecule has 0 aliphatic rings. The Morgan fingerprint density at radius 2 is 1.71 bits per heavy atom. The van der Waals surface area contributed by atoms with Crippen molar-refractivity contribution in [2.45, 2.75) is 6.92 Å². The first kappa shape index (κ1) is 18.8. The van der Waals surface area contributed by atoms with Gasteiger partial charge in [0, 0.05) is 0 Å². The predicted octanol–water partition coefficient (Wildman–Crippen LogP) is 4.29. The third kappa shape index (κ3) is 4.24. The van der Waals surface area contributed by atoms with Gasteiger partial charge in [0.2, 0.25) is 5.76 Å². The summed E-state index contributed by atoms with van der Waals surface area (Å²) in [4.78, 5) is 22.6. The Balaban J connectivity index is 1.68. The van der Waals surface area contributed by atoms with Crippen LogP contribution in [0.1, 0.15) is 27.4 Å². The zero-order chi connectivity index (χ0) is 20.1. The maximum Gasteiger partial charge on any atom is 0.343 e. The maximum atomic E-state index is 12.2. The molecule has 0 radical (unpaired) electrons. The highest BCUT2D eigenvalue weighted by Crippen LogP contribution is 2.25. The molecule has 2 aromatic carbocycles. The summed E-state index contributed by atoms with van der Waals surface area (Å²) >= 11 is 0. The first-order valence-electron chi connectivity index (χ1n) is 8.23. The molecule has 0 amide bonds. The van der Waals surface area contributed by atoms with Crippen molar-refractivity contribution in [3.63, 3.8) is 0 Å². The van der Waals surface area contributed by atoms with Gasteiger partial charge in [-0.25, -0.2) is 4.79 Å². The molecule has 0 spiro atoms. The Bertz CT molecular complexity index is 1020. The number of nitrogens with zero attached hydrogens (tertiary/aromatic N) is 2. The van der Waals surface area contributed by atoms with Crippen LogP contribution in [0.3, 0.4) is 0 Å². The van der Waals surface area contributed by atoms with Crippen LogP contribution >= 0.6 is 0 Å². The van der Waals surface area contributed by atoms with Gasteiger partial charge in [-0.2, -0.15) is 0 Å². The lowest BCUT2D eigenvalue weighted by Crippen LogP contribution is -2.08. The Kier molecular flexibility index (Phi) is 5.50. The third-order valence-electron chi connectivity index (χ3n) is 3.88. The number of benzene rings is 2. The summed E-state index contributed by atoms with van der Waals surface area (Å²) in [7, 11) is 1.55. The van der Waals surface area contributed by atoms with Crippen molar-refractivity contribution in [1.82, 2.24) is 5.16 Å². The standard InChI is InChI=1S/C20H16N2O6/c1-13-19(22(24)25)18(28-21-13)12-5-14-3-8-17(9-4-14)27-20(23)15-6-10-16(26-2)11-7-15/h3-12H,1-2H3/b12-5-. The van der Waals surface area contributed by atoms with Crippen LogP contribution in [0.15, 0.2) is 53.1 Å². The van der Waals surface area contributed by atoms with Gasteiger partial charge in [0.1, 0.15) is 11.5 Å². The van der Waals surface area contributed by atoms with Crippen LogP contribution < -0.4 is 9.47 Å². The van der Waals surface area contributed by atoms with E-state index in [1.54, 1.807) is 61.7 Å². The van der Waals surface area contributed by atoms with E-state index >= 15 is 0 Å². The number of carbonyl (C=O) groups is 1. The van der Waals surface area contributed by atoms with Gasteiger partial charge < -0.3 is 14.0 Å². The summed E-state index contributed by atoms with van der Waals surface area (Å²) in [5, 5.41) is 14.6. The van der Waals surface area contributed by atoms with Gasteiger partial charge in [-0.05, 0) is 55.0 Å². The number of nitro groups is 1. The lowest BCUT2D eigenvalue weighted by molar-refractivity contribution is -0.386. The van der Waals surface area contributed by atoms with E-state index in [1.807, 2.05) is 0 Å². The van der Waals surface area contributed by atoms with Gasteiger partial charge in [0.15, 0.2) is 5.69 Å². The van der Waals surface area contributed by atoms with Crippen molar-refractivity contribution in [2.75, 3.05) is 7.11 Å². The first-order valence-corrected chi connectivity index (χ1v) is 8.23. The van der Waals surface area contributed by atoms with Gasteiger partial charge in [-0.1, -0.05) is 23.4 Å². The van der Waals surface area contributed by atoms with Gasteiger partial charge in [0.25, 0.3) is 0 Å². The summed E-state index contributed by atoms with van der Waals surface area (Å²) in [6, 6.07) is 13.3. The van der Waals surface area contributed by atoms with Crippen LogP contribution in [0, 0.1) is 17.0 Å². The van der Waals surface area contributed by atoms with Crippen molar-refractivity contribution in [2.24, 2.45) is 0 Å². The number of methoxy groups -OCH3 is 1. The monoisotopic (exact) mass is 380 g/mol. The average Bonchev–Trinajstić information content (AvgIpc) is 3.08. The molecule has 3 aromatic rings. The van der Waals surface area contributed by atoms with Crippen molar-refractivity contribution in [1.29, 1.82) is 0 Å². The van der Waals surface area contributed by atoms with Crippen molar-refractivity contribution in [3.05, 3.63) is 81.2 Å². The lowest BCUT2D eigenvalue weighted by Gasteiger charge is -2.05. The number of hydrogen-bond acceptors (Lipinski definition) is 7. The van der Waals surface area contributed by atoms with Gasteiger partial charge in [0.05, 0.1) is 17.6 Å². The normalized spacial score (nSPS) is 10.8. The van der Waals surface area contributed by atoms with E-state index < -0.39 is 10.9 Å².